The Balaban J connectivity index is 4.02. The first-order valence-electron chi connectivity index (χ1n) is 3.97. The monoisotopic (exact) mass is 190 g/mol. The summed E-state index contributed by atoms with van der Waals surface area (Å²) >= 11 is 0. The van der Waals surface area contributed by atoms with Crippen molar-refractivity contribution in [1.82, 2.24) is 0 Å². The number of hydrogen-bond acceptors (Lipinski definition) is 3. The lowest BCUT2D eigenvalue weighted by Gasteiger charge is -2.17. The first-order chi connectivity index (χ1) is 5.90. The minimum Gasteiger partial charge on any atom is -0.480 e. The maximum absolute atomic E-state index is 12.7. The van der Waals surface area contributed by atoms with E-state index in [1.165, 1.54) is 13.0 Å². The van der Waals surface area contributed by atoms with Crippen LogP contribution < -0.4 is 11.5 Å². The van der Waals surface area contributed by atoms with Gasteiger partial charge in [-0.25, -0.2) is 4.39 Å². The van der Waals surface area contributed by atoms with E-state index in [0.717, 1.165) is 0 Å². The quantitative estimate of drug-likeness (QED) is 0.584. The molecule has 1 atom stereocenters. The molecule has 5 N–H and O–H groups in total. The van der Waals surface area contributed by atoms with Gasteiger partial charge in [0, 0.05) is 13.0 Å². The summed E-state index contributed by atoms with van der Waals surface area (Å²) in [4.78, 5) is 10.5. The van der Waals surface area contributed by atoms with Gasteiger partial charge in [-0.05, 0) is 19.4 Å². The van der Waals surface area contributed by atoms with Gasteiger partial charge >= 0.3 is 5.97 Å². The number of carbonyl (C=O) groups is 1. The predicted octanol–water partition coefficient (Wildman–Crippen LogP) is 0.381. The van der Waals surface area contributed by atoms with Gasteiger partial charge in [0.05, 0.1) is 5.83 Å². The largest absolute Gasteiger partial charge is 0.480 e. The van der Waals surface area contributed by atoms with Crippen LogP contribution in [0.15, 0.2) is 11.9 Å². The second kappa shape index (κ2) is 4.94. The molecule has 0 aromatic rings. The zero-order valence-electron chi connectivity index (χ0n) is 7.59. The van der Waals surface area contributed by atoms with Gasteiger partial charge in [0.15, 0.2) is 0 Å². The van der Waals surface area contributed by atoms with Crippen molar-refractivity contribution < 1.29 is 14.3 Å². The lowest BCUT2D eigenvalue weighted by molar-refractivity contribution is -0.142. The molecule has 4 nitrogen and oxygen atoms in total. The van der Waals surface area contributed by atoms with Gasteiger partial charge in [-0.1, -0.05) is 0 Å². The summed E-state index contributed by atoms with van der Waals surface area (Å²) in [7, 11) is 0. The summed E-state index contributed by atoms with van der Waals surface area (Å²) < 4.78 is 12.7. The van der Waals surface area contributed by atoms with Gasteiger partial charge in [-0.3, -0.25) is 4.79 Å². The molecule has 5 heteroatoms. The Kier molecular flexibility index (Phi) is 4.58. The van der Waals surface area contributed by atoms with Crippen molar-refractivity contribution in [3.05, 3.63) is 11.9 Å². The van der Waals surface area contributed by atoms with E-state index in [9.17, 15) is 9.18 Å². The van der Waals surface area contributed by atoms with Gasteiger partial charge in [0.2, 0.25) is 0 Å². The number of carboxylic acids is 1. The number of aliphatic carboxylic acids is 1. The van der Waals surface area contributed by atoms with Gasteiger partial charge < -0.3 is 16.6 Å². The maximum Gasteiger partial charge on any atom is 0.323 e. The number of halogens is 1. The Bertz CT molecular complexity index is 214. The molecule has 76 valence electrons. The molecule has 0 aliphatic carbocycles. The summed E-state index contributed by atoms with van der Waals surface area (Å²) in [5, 5.41) is 8.59. The van der Waals surface area contributed by atoms with Crippen LogP contribution >= 0.6 is 0 Å². The third-order valence-corrected chi connectivity index (χ3v) is 1.71. The van der Waals surface area contributed by atoms with Crippen molar-refractivity contribution in [2.75, 3.05) is 6.54 Å². The number of nitrogens with two attached hydrogens (primary N) is 2. The van der Waals surface area contributed by atoms with Crippen LogP contribution in [0.3, 0.4) is 0 Å². The lowest BCUT2D eigenvalue weighted by atomic mass is 9.97. The van der Waals surface area contributed by atoms with E-state index in [1.54, 1.807) is 0 Å². The first-order valence-corrected chi connectivity index (χ1v) is 3.97. The molecular weight excluding hydrogens is 175 g/mol. The maximum atomic E-state index is 12.7. The normalized spacial score (nSPS) is 16.8. The van der Waals surface area contributed by atoms with Crippen molar-refractivity contribution in [3.8, 4) is 0 Å². The molecule has 0 aromatic heterocycles. The molecule has 1 unspecified atom stereocenters. The predicted molar refractivity (Wildman–Crippen MR) is 47.7 cm³/mol. The van der Waals surface area contributed by atoms with E-state index in [-0.39, 0.29) is 19.4 Å². The Morgan fingerprint density at radius 2 is 2.23 bits per heavy atom. The average molecular weight is 190 g/mol. The molecule has 0 amide bonds. The van der Waals surface area contributed by atoms with Crippen LogP contribution in [0, 0.1) is 0 Å². The van der Waals surface area contributed by atoms with Gasteiger partial charge in [-0.2, -0.15) is 0 Å². The molecule has 0 heterocycles. The van der Waals surface area contributed by atoms with Crippen molar-refractivity contribution in [2.45, 2.75) is 25.3 Å². The second-order valence-electron chi connectivity index (χ2n) is 3.11. The standard InChI is InChI=1S/C8H15FN2O2/c1-8(11,7(12)13)4-2-6(9)3-5-10/h3H,2,4-5,10-11H2,1H3,(H,12,13). The molecule has 0 spiro atoms. The SMILES string of the molecule is CC(N)(CCC(F)=CCN)C(=O)O. The fourth-order valence-electron chi connectivity index (χ4n) is 0.716. The van der Waals surface area contributed by atoms with Gasteiger partial charge in [-0.15, -0.1) is 0 Å². The lowest BCUT2D eigenvalue weighted by Crippen LogP contribution is -2.44. The van der Waals surface area contributed by atoms with Crippen LogP contribution in [-0.2, 0) is 4.79 Å². The molecule has 0 saturated carbocycles. The van der Waals surface area contributed by atoms with Crippen LogP contribution in [0.2, 0.25) is 0 Å². The topological polar surface area (TPSA) is 89.3 Å². The van der Waals surface area contributed by atoms with Crippen LogP contribution in [0.1, 0.15) is 19.8 Å². The summed E-state index contributed by atoms with van der Waals surface area (Å²) in [6.07, 6.45) is 1.28. The Labute approximate surface area is 76.4 Å². The Hall–Kier alpha value is -0.940. The zero-order chi connectivity index (χ0) is 10.5. The van der Waals surface area contributed by atoms with E-state index in [4.69, 9.17) is 16.6 Å². The second-order valence-corrected chi connectivity index (χ2v) is 3.11. The van der Waals surface area contributed by atoms with Crippen molar-refractivity contribution in [1.29, 1.82) is 0 Å². The molecule has 0 rings (SSSR count). The van der Waals surface area contributed by atoms with E-state index in [2.05, 4.69) is 0 Å². The van der Waals surface area contributed by atoms with Crippen molar-refractivity contribution >= 4 is 5.97 Å². The molecule has 13 heavy (non-hydrogen) atoms. The minimum atomic E-state index is -1.38. The summed E-state index contributed by atoms with van der Waals surface area (Å²) in [5.74, 6) is -1.55. The van der Waals surface area contributed by atoms with Crippen LogP contribution in [0.25, 0.3) is 0 Å². The van der Waals surface area contributed by atoms with Gasteiger partial charge in [0.25, 0.3) is 0 Å². The first kappa shape index (κ1) is 12.1. The van der Waals surface area contributed by atoms with E-state index >= 15 is 0 Å². The summed E-state index contributed by atoms with van der Waals surface area (Å²) in [6.45, 7) is 1.46. The van der Waals surface area contributed by atoms with E-state index < -0.39 is 17.3 Å². The van der Waals surface area contributed by atoms with E-state index in [0.29, 0.717) is 0 Å². The fraction of sp³-hybridized carbons (Fsp3) is 0.625. The summed E-state index contributed by atoms with van der Waals surface area (Å²) in [6, 6.07) is 0. The smallest absolute Gasteiger partial charge is 0.323 e. The number of hydrogen-bond donors (Lipinski definition) is 3. The third kappa shape index (κ3) is 4.59. The van der Waals surface area contributed by atoms with Crippen LogP contribution in [0.5, 0.6) is 0 Å². The third-order valence-electron chi connectivity index (χ3n) is 1.71. The van der Waals surface area contributed by atoms with Crippen molar-refractivity contribution in [3.63, 3.8) is 0 Å². The Morgan fingerprint density at radius 3 is 2.62 bits per heavy atom. The minimum absolute atomic E-state index is 0.0104. The van der Waals surface area contributed by atoms with Crippen molar-refractivity contribution in [2.24, 2.45) is 11.5 Å². The highest BCUT2D eigenvalue weighted by molar-refractivity contribution is 5.77. The Morgan fingerprint density at radius 1 is 1.69 bits per heavy atom. The molecule has 0 aliphatic rings. The van der Waals surface area contributed by atoms with Crippen LogP contribution in [-0.4, -0.2) is 23.2 Å². The number of allylic oxidation sites excluding steroid dienone is 1. The molecule has 0 bridgehead atoms. The summed E-state index contributed by atoms with van der Waals surface area (Å²) in [5.41, 5.74) is 9.07. The highest BCUT2D eigenvalue weighted by Crippen LogP contribution is 2.14. The highest BCUT2D eigenvalue weighted by Gasteiger charge is 2.27. The molecule has 0 fully saturated rings. The fourth-order valence-corrected chi connectivity index (χ4v) is 0.716. The molecule has 0 saturated heterocycles. The molecular formula is C8H15FN2O2. The highest BCUT2D eigenvalue weighted by atomic mass is 19.1. The van der Waals surface area contributed by atoms with Crippen LogP contribution in [0.4, 0.5) is 4.39 Å². The van der Waals surface area contributed by atoms with Gasteiger partial charge in [0.1, 0.15) is 5.54 Å². The molecule has 0 aliphatic heterocycles. The number of carboxylic acid groups (broad SMARTS) is 1. The number of rotatable bonds is 5. The average Bonchev–Trinajstić information content (AvgIpc) is 2.01. The molecule has 0 aromatic carbocycles. The molecule has 0 radical (unpaired) electrons. The van der Waals surface area contributed by atoms with E-state index in [1.807, 2.05) is 0 Å². The zero-order valence-corrected chi connectivity index (χ0v) is 7.59.